The van der Waals surface area contributed by atoms with Gasteiger partial charge in [-0.2, -0.15) is 0 Å². The molecule has 1 aromatic rings. The third-order valence-electron chi connectivity index (χ3n) is 2.84. The Labute approximate surface area is 103 Å². The molecule has 0 bridgehead atoms. The van der Waals surface area contributed by atoms with E-state index in [4.69, 9.17) is 9.47 Å². The average molecular weight is 255 g/mol. The van der Waals surface area contributed by atoms with Crippen LogP contribution in [0.2, 0.25) is 0 Å². The molecule has 0 saturated carbocycles. The second-order valence-corrected chi connectivity index (χ2v) is 5.10. The van der Waals surface area contributed by atoms with Crippen molar-refractivity contribution in [2.75, 3.05) is 19.0 Å². The molecule has 0 radical (unpaired) electrons. The van der Waals surface area contributed by atoms with E-state index in [1.165, 1.54) is 0 Å². The summed E-state index contributed by atoms with van der Waals surface area (Å²) in [5.74, 6) is -0.000165. The molecule has 2 atom stereocenters. The Hall–Kier alpha value is -0.750. The van der Waals surface area contributed by atoms with Crippen molar-refractivity contribution in [1.82, 2.24) is 0 Å². The van der Waals surface area contributed by atoms with Crippen molar-refractivity contribution in [3.8, 4) is 0 Å². The van der Waals surface area contributed by atoms with Gasteiger partial charge in [0.2, 0.25) is 0 Å². The Morgan fingerprint density at radius 3 is 2.76 bits per heavy atom. The van der Waals surface area contributed by atoms with Gasteiger partial charge in [-0.05, 0) is 5.56 Å². The monoisotopic (exact) mass is 255 g/mol. The summed E-state index contributed by atoms with van der Waals surface area (Å²) in [4.78, 5) is 0. The summed E-state index contributed by atoms with van der Waals surface area (Å²) in [5.41, 5.74) is 0.373. The van der Waals surface area contributed by atoms with Crippen LogP contribution in [-0.2, 0) is 27.2 Å². The number of benzene rings is 1. The van der Waals surface area contributed by atoms with Gasteiger partial charge in [0.1, 0.15) is 5.60 Å². The lowest BCUT2D eigenvalue weighted by atomic mass is 10.1. The standard InChI is InChI=1S/C12H16O4S/c13-17(14)10-12(6-7-15-9-12)16-8-11-4-2-1-3-5-11/h1-5H,6-10H2,(H,13,14)/p-1. The van der Waals surface area contributed by atoms with Crippen LogP contribution < -0.4 is 0 Å². The maximum Gasteiger partial charge on any atom is 0.104 e. The van der Waals surface area contributed by atoms with Crippen LogP contribution in [0.25, 0.3) is 0 Å². The summed E-state index contributed by atoms with van der Waals surface area (Å²) in [5, 5.41) is 0. The largest absolute Gasteiger partial charge is 0.772 e. The smallest absolute Gasteiger partial charge is 0.104 e. The molecular weight excluding hydrogens is 240 g/mol. The van der Waals surface area contributed by atoms with E-state index in [1.54, 1.807) is 0 Å². The van der Waals surface area contributed by atoms with E-state index < -0.39 is 16.7 Å². The lowest BCUT2D eigenvalue weighted by molar-refractivity contribution is -0.0439. The molecule has 0 aromatic heterocycles. The van der Waals surface area contributed by atoms with Crippen LogP contribution in [0.5, 0.6) is 0 Å². The van der Waals surface area contributed by atoms with Crippen molar-refractivity contribution in [1.29, 1.82) is 0 Å². The molecule has 1 aromatic carbocycles. The highest BCUT2D eigenvalue weighted by molar-refractivity contribution is 7.79. The zero-order valence-electron chi connectivity index (χ0n) is 9.46. The normalized spacial score (nSPS) is 25.9. The highest BCUT2D eigenvalue weighted by atomic mass is 32.2. The number of hydrogen-bond acceptors (Lipinski definition) is 4. The van der Waals surface area contributed by atoms with Crippen LogP contribution in [0, 0.1) is 0 Å². The summed E-state index contributed by atoms with van der Waals surface area (Å²) in [6, 6.07) is 9.71. The van der Waals surface area contributed by atoms with Gasteiger partial charge in [-0.3, -0.25) is 4.21 Å². The zero-order valence-corrected chi connectivity index (χ0v) is 10.3. The summed E-state index contributed by atoms with van der Waals surface area (Å²) in [6.45, 7) is 1.33. The van der Waals surface area contributed by atoms with Gasteiger partial charge in [0.15, 0.2) is 0 Å². The first-order valence-corrected chi connectivity index (χ1v) is 6.76. The molecule has 2 unspecified atom stereocenters. The van der Waals surface area contributed by atoms with Gasteiger partial charge in [0, 0.05) is 18.8 Å². The Morgan fingerprint density at radius 2 is 2.18 bits per heavy atom. The van der Waals surface area contributed by atoms with Crippen LogP contribution in [0.1, 0.15) is 12.0 Å². The van der Waals surface area contributed by atoms with Crippen molar-refractivity contribution < 1.29 is 18.2 Å². The third kappa shape index (κ3) is 3.61. The first-order valence-electron chi connectivity index (χ1n) is 5.52. The van der Waals surface area contributed by atoms with E-state index in [2.05, 4.69) is 0 Å². The Morgan fingerprint density at radius 1 is 1.41 bits per heavy atom. The third-order valence-corrected chi connectivity index (χ3v) is 3.60. The molecule has 1 fully saturated rings. The van der Waals surface area contributed by atoms with Gasteiger partial charge in [-0.1, -0.05) is 41.4 Å². The van der Waals surface area contributed by atoms with E-state index in [9.17, 15) is 8.76 Å². The molecule has 2 rings (SSSR count). The van der Waals surface area contributed by atoms with Gasteiger partial charge in [0.05, 0.1) is 13.2 Å². The molecular formula is C12H15O4S-. The minimum Gasteiger partial charge on any atom is -0.772 e. The van der Waals surface area contributed by atoms with E-state index in [1.807, 2.05) is 30.3 Å². The molecule has 94 valence electrons. The van der Waals surface area contributed by atoms with Crippen LogP contribution in [-0.4, -0.2) is 33.3 Å². The topological polar surface area (TPSA) is 58.6 Å². The van der Waals surface area contributed by atoms with Gasteiger partial charge >= 0.3 is 0 Å². The summed E-state index contributed by atoms with van der Waals surface area (Å²) < 4.78 is 32.7. The maximum atomic E-state index is 10.8. The molecule has 0 N–H and O–H groups in total. The second kappa shape index (κ2) is 5.73. The molecule has 0 spiro atoms. The SMILES string of the molecule is O=S([O-])CC1(OCc2ccccc2)CCOC1. The molecule has 5 heteroatoms. The quantitative estimate of drug-likeness (QED) is 0.743. The van der Waals surface area contributed by atoms with Crippen LogP contribution in [0.3, 0.4) is 0 Å². The van der Waals surface area contributed by atoms with Crippen LogP contribution >= 0.6 is 0 Å². The summed E-state index contributed by atoms with van der Waals surface area (Å²) in [6.07, 6.45) is 0.633. The predicted octanol–water partition coefficient (Wildman–Crippen LogP) is 1.24. The number of rotatable bonds is 5. The minimum absolute atomic E-state index is 0.000165. The highest BCUT2D eigenvalue weighted by Gasteiger charge is 2.36. The summed E-state index contributed by atoms with van der Waals surface area (Å²) in [7, 11) is 0. The van der Waals surface area contributed by atoms with Crippen molar-refractivity contribution in [3.63, 3.8) is 0 Å². The van der Waals surface area contributed by atoms with Gasteiger partial charge in [-0.25, -0.2) is 0 Å². The number of ether oxygens (including phenoxy) is 2. The van der Waals surface area contributed by atoms with E-state index >= 15 is 0 Å². The van der Waals surface area contributed by atoms with Crippen molar-refractivity contribution in [2.24, 2.45) is 0 Å². The molecule has 1 heterocycles. The van der Waals surface area contributed by atoms with Crippen molar-refractivity contribution in [2.45, 2.75) is 18.6 Å². The lowest BCUT2D eigenvalue weighted by Gasteiger charge is -2.28. The lowest BCUT2D eigenvalue weighted by Crippen LogP contribution is -2.39. The highest BCUT2D eigenvalue weighted by Crippen LogP contribution is 2.25. The minimum atomic E-state index is -2.11. The number of hydrogen-bond donors (Lipinski definition) is 0. The van der Waals surface area contributed by atoms with E-state index in [0.29, 0.717) is 26.2 Å². The fourth-order valence-electron chi connectivity index (χ4n) is 1.88. The first kappa shape index (κ1) is 12.7. The molecule has 0 aliphatic carbocycles. The zero-order chi connectivity index (χ0) is 12.1. The Kier molecular flexibility index (Phi) is 4.28. The van der Waals surface area contributed by atoms with Crippen LogP contribution in [0.15, 0.2) is 30.3 Å². The molecule has 0 amide bonds. The van der Waals surface area contributed by atoms with E-state index in [-0.39, 0.29) is 5.75 Å². The average Bonchev–Trinajstić information content (AvgIpc) is 2.76. The van der Waals surface area contributed by atoms with Gasteiger partial charge in [0.25, 0.3) is 0 Å². The fraction of sp³-hybridized carbons (Fsp3) is 0.500. The molecule has 1 aliphatic rings. The van der Waals surface area contributed by atoms with Crippen LogP contribution in [0.4, 0.5) is 0 Å². The van der Waals surface area contributed by atoms with Gasteiger partial charge < -0.3 is 14.0 Å². The van der Waals surface area contributed by atoms with Crippen molar-refractivity contribution in [3.05, 3.63) is 35.9 Å². The van der Waals surface area contributed by atoms with E-state index in [0.717, 1.165) is 5.56 Å². The maximum absolute atomic E-state index is 10.8. The Bertz CT molecular complexity index is 373. The fourth-order valence-corrected chi connectivity index (χ4v) is 2.62. The first-order chi connectivity index (χ1) is 8.20. The predicted molar refractivity (Wildman–Crippen MR) is 63.2 cm³/mol. The molecule has 17 heavy (non-hydrogen) atoms. The summed E-state index contributed by atoms with van der Waals surface area (Å²) >= 11 is -2.11. The Balaban J connectivity index is 1.96. The van der Waals surface area contributed by atoms with Crippen molar-refractivity contribution >= 4 is 11.1 Å². The van der Waals surface area contributed by atoms with Gasteiger partial charge in [-0.15, -0.1) is 0 Å². The molecule has 1 aliphatic heterocycles. The molecule has 4 nitrogen and oxygen atoms in total. The molecule has 1 saturated heterocycles. The second-order valence-electron chi connectivity index (χ2n) is 4.21.